The Labute approximate surface area is 128 Å². The van der Waals surface area contributed by atoms with E-state index in [1.54, 1.807) is 31.1 Å². The van der Waals surface area contributed by atoms with E-state index in [2.05, 4.69) is 4.98 Å². The highest BCUT2D eigenvalue weighted by Gasteiger charge is 2.16. The molecule has 114 valence electrons. The first kappa shape index (κ1) is 15.6. The summed E-state index contributed by atoms with van der Waals surface area (Å²) in [5.41, 5.74) is 1.87. The third-order valence-electron chi connectivity index (χ3n) is 3.42. The van der Waals surface area contributed by atoms with Gasteiger partial charge in [0, 0.05) is 49.1 Å². The third-order valence-corrected chi connectivity index (χ3v) is 3.42. The molecule has 2 aromatic rings. The Bertz CT molecular complexity index is 686. The number of hydrogen-bond acceptors (Lipinski definition) is 4. The molecule has 0 radical (unpaired) electrons. The zero-order valence-electron chi connectivity index (χ0n) is 12.5. The van der Waals surface area contributed by atoms with Crippen LogP contribution in [-0.2, 0) is 6.42 Å². The first-order valence-corrected chi connectivity index (χ1v) is 6.89. The lowest BCUT2D eigenvalue weighted by molar-refractivity contribution is -0.385. The van der Waals surface area contributed by atoms with E-state index in [0.717, 1.165) is 5.69 Å². The molecule has 22 heavy (non-hydrogen) atoms. The van der Waals surface area contributed by atoms with Gasteiger partial charge >= 0.3 is 0 Å². The molecule has 1 amide bonds. The first-order valence-electron chi connectivity index (χ1n) is 6.89. The van der Waals surface area contributed by atoms with Crippen molar-refractivity contribution in [1.82, 2.24) is 9.88 Å². The number of pyridine rings is 1. The van der Waals surface area contributed by atoms with Gasteiger partial charge in [0.05, 0.1) is 4.92 Å². The van der Waals surface area contributed by atoms with Crippen LogP contribution in [0.25, 0.3) is 0 Å². The van der Waals surface area contributed by atoms with Crippen LogP contribution >= 0.6 is 0 Å². The molecule has 1 heterocycles. The number of rotatable bonds is 5. The highest BCUT2D eigenvalue weighted by atomic mass is 16.6. The van der Waals surface area contributed by atoms with Gasteiger partial charge in [-0.3, -0.25) is 19.9 Å². The Kier molecular flexibility index (Phi) is 4.83. The number of carbonyl (C=O) groups excluding carboxylic acids is 1. The largest absolute Gasteiger partial charge is 0.341 e. The second kappa shape index (κ2) is 6.80. The molecule has 0 aliphatic carbocycles. The molecule has 6 heteroatoms. The number of carbonyl (C=O) groups is 1. The minimum atomic E-state index is -0.450. The van der Waals surface area contributed by atoms with E-state index < -0.39 is 4.92 Å². The van der Waals surface area contributed by atoms with Crippen molar-refractivity contribution in [2.75, 3.05) is 13.6 Å². The van der Waals surface area contributed by atoms with Gasteiger partial charge in [0.2, 0.25) is 0 Å². The average Bonchev–Trinajstić information content (AvgIpc) is 2.52. The summed E-state index contributed by atoms with van der Waals surface area (Å²) in [6, 6.07) is 10.1. The molecular weight excluding hydrogens is 282 g/mol. The van der Waals surface area contributed by atoms with Gasteiger partial charge in [0.1, 0.15) is 0 Å². The van der Waals surface area contributed by atoms with Crippen molar-refractivity contribution < 1.29 is 9.72 Å². The molecule has 1 aromatic carbocycles. The Hall–Kier alpha value is -2.76. The van der Waals surface area contributed by atoms with Gasteiger partial charge in [-0.25, -0.2) is 0 Å². The predicted molar refractivity (Wildman–Crippen MR) is 82.7 cm³/mol. The van der Waals surface area contributed by atoms with Crippen LogP contribution < -0.4 is 0 Å². The fourth-order valence-corrected chi connectivity index (χ4v) is 2.14. The summed E-state index contributed by atoms with van der Waals surface area (Å²) in [6.45, 7) is 2.16. The van der Waals surface area contributed by atoms with Crippen molar-refractivity contribution >= 4 is 11.6 Å². The maximum absolute atomic E-state index is 12.3. The lowest BCUT2D eigenvalue weighted by atomic mass is 10.1. The Morgan fingerprint density at radius 2 is 2.09 bits per heavy atom. The van der Waals surface area contributed by atoms with Crippen molar-refractivity contribution in [2.45, 2.75) is 13.3 Å². The predicted octanol–water partition coefficient (Wildman–Crippen LogP) is 2.61. The maximum Gasteiger partial charge on any atom is 0.272 e. The summed E-state index contributed by atoms with van der Waals surface area (Å²) in [7, 11) is 1.71. The minimum Gasteiger partial charge on any atom is -0.341 e. The summed E-state index contributed by atoms with van der Waals surface area (Å²) < 4.78 is 0. The summed E-state index contributed by atoms with van der Waals surface area (Å²) in [4.78, 5) is 28.5. The molecule has 0 bridgehead atoms. The van der Waals surface area contributed by atoms with Gasteiger partial charge in [0.15, 0.2) is 0 Å². The number of nitro benzene ring substituents is 1. The van der Waals surface area contributed by atoms with Crippen LogP contribution in [0, 0.1) is 17.0 Å². The molecule has 1 aromatic heterocycles. The van der Waals surface area contributed by atoms with Crippen LogP contribution in [0.15, 0.2) is 42.6 Å². The molecule has 0 aliphatic rings. The summed E-state index contributed by atoms with van der Waals surface area (Å²) in [5.74, 6) is -0.158. The van der Waals surface area contributed by atoms with Gasteiger partial charge in [-0.1, -0.05) is 6.07 Å². The zero-order chi connectivity index (χ0) is 16.1. The van der Waals surface area contributed by atoms with Crippen LogP contribution in [-0.4, -0.2) is 34.3 Å². The topological polar surface area (TPSA) is 76.3 Å². The van der Waals surface area contributed by atoms with E-state index >= 15 is 0 Å². The number of benzene rings is 1. The van der Waals surface area contributed by atoms with Crippen LogP contribution in [0.4, 0.5) is 5.69 Å². The van der Waals surface area contributed by atoms with E-state index in [1.807, 2.05) is 18.2 Å². The molecule has 0 N–H and O–H groups in total. The number of hydrogen-bond donors (Lipinski definition) is 0. The highest BCUT2D eigenvalue weighted by Crippen LogP contribution is 2.19. The molecule has 0 atom stereocenters. The fraction of sp³-hybridized carbons (Fsp3) is 0.250. The molecule has 2 rings (SSSR count). The Balaban J connectivity index is 2.04. The Morgan fingerprint density at radius 1 is 1.32 bits per heavy atom. The molecule has 0 saturated carbocycles. The first-order chi connectivity index (χ1) is 10.5. The molecular formula is C16H17N3O3. The second-order valence-electron chi connectivity index (χ2n) is 5.06. The number of likely N-dealkylation sites (N-methyl/N-ethyl adjacent to an activating group) is 1. The number of aromatic nitrogens is 1. The van der Waals surface area contributed by atoms with Crippen LogP contribution in [0.3, 0.4) is 0 Å². The quantitative estimate of drug-likeness (QED) is 0.628. The van der Waals surface area contributed by atoms with Crippen LogP contribution in [0.1, 0.15) is 21.6 Å². The van der Waals surface area contributed by atoms with E-state index in [1.165, 1.54) is 12.1 Å². The molecule has 0 spiro atoms. The van der Waals surface area contributed by atoms with Gasteiger partial charge < -0.3 is 4.90 Å². The van der Waals surface area contributed by atoms with Crippen molar-refractivity contribution in [3.05, 3.63) is 69.5 Å². The monoisotopic (exact) mass is 299 g/mol. The number of nitro groups is 1. The Morgan fingerprint density at radius 3 is 2.68 bits per heavy atom. The number of amides is 1. The van der Waals surface area contributed by atoms with Gasteiger partial charge in [-0.05, 0) is 31.2 Å². The van der Waals surface area contributed by atoms with Gasteiger partial charge in [-0.2, -0.15) is 0 Å². The molecule has 0 fully saturated rings. The average molecular weight is 299 g/mol. The lowest BCUT2D eigenvalue weighted by Gasteiger charge is -2.17. The summed E-state index contributed by atoms with van der Waals surface area (Å²) >= 11 is 0. The highest BCUT2D eigenvalue weighted by molar-refractivity contribution is 5.94. The molecule has 0 unspecified atom stereocenters. The van der Waals surface area contributed by atoms with Crippen molar-refractivity contribution in [3.8, 4) is 0 Å². The number of nitrogens with zero attached hydrogens (tertiary/aromatic N) is 3. The van der Waals surface area contributed by atoms with E-state index in [9.17, 15) is 14.9 Å². The minimum absolute atomic E-state index is 0.0210. The molecule has 0 aliphatic heterocycles. The van der Waals surface area contributed by atoms with Crippen LogP contribution in [0.2, 0.25) is 0 Å². The second-order valence-corrected chi connectivity index (χ2v) is 5.06. The lowest BCUT2D eigenvalue weighted by Crippen LogP contribution is -2.29. The smallest absolute Gasteiger partial charge is 0.272 e. The third kappa shape index (κ3) is 3.66. The van der Waals surface area contributed by atoms with Crippen molar-refractivity contribution in [3.63, 3.8) is 0 Å². The normalized spacial score (nSPS) is 10.3. The van der Waals surface area contributed by atoms with Gasteiger partial charge in [0.25, 0.3) is 11.6 Å². The van der Waals surface area contributed by atoms with Crippen molar-refractivity contribution in [1.29, 1.82) is 0 Å². The zero-order valence-corrected chi connectivity index (χ0v) is 12.5. The van der Waals surface area contributed by atoms with E-state index in [0.29, 0.717) is 24.1 Å². The van der Waals surface area contributed by atoms with Crippen molar-refractivity contribution in [2.24, 2.45) is 0 Å². The maximum atomic E-state index is 12.3. The van der Waals surface area contributed by atoms with Crippen LogP contribution in [0.5, 0.6) is 0 Å². The fourth-order valence-electron chi connectivity index (χ4n) is 2.14. The van der Waals surface area contributed by atoms with Gasteiger partial charge in [-0.15, -0.1) is 0 Å². The van der Waals surface area contributed by atoms with E-state index in [-0.39, 0.29) is 11.6 Å². The summed E-state index contributed by atoms with van der Waals surface area (Å²) in [5, 5.41) is 10.8. The molecule has 6 nitrogen and oxygen atoms in total. The SMILES string of the molecule is Cc1cc(C(=O)N(C)CCc2ccccn2)ccc1[N+](=O)[O-]. The molecule has 0 saturated heterocycles. The van der Waals surface area contributed by atoms with E-state index in [4.69, 9.17) is 0 Å². The number of aryl methyl sites for hydroxylation is 1. The summed E-state index contributed by atoms with van der Waals surface area (Å²) in [6.07, 6.45) is 2.38. The standard InChI is InChI=1S/C16H17N3O3/c1-12-11-13(6-7-15(12)19(21)22)16(20)18(2)10-8-14-5-3-4-9-17-14/h3-7,9,11H,8,10H2,1-2H3.